The molecule has 6 nitrogen and oxygen atoms in total. The monoisotopic (exact) mass is 355 g/mol. The third-order valence-corrected chi connectivity index (χ3v) is 4.16. The summed E-state index contributed by atoms with van der Waals surface area (Å²) in [5.41, 5.74) is 1.45. The number of carbonyl (C=O) groups excluding carboxylic acids is 1. The molecule has 0 spiro atoms. The smallest absolute Gasteiger partial charge is 0.334 e. The van der Waals surface area contributed by atoms with E-state index in [0.29, 0.717) is 23.6 Å². The lowest BCUT2D eigenvalue weighted by Gasteiger charge is -2.35. The first-order valence-electron chi connectivity index (χ1n) is 8.45. The summed E-state index contributed by atoms with van der Waals surface area (Å²) in [7, 11) is 0. The Bertz CT molecular complexity index is 819. The summed E-state index contributed by atoms with van der Waals surface area (Å²) in [5, 5.41) is 9.21. The molecule has 1 aliphatic rings. The van der Waals surface area contributed by atoms with Gasteiger partial charge in [0.1, 0.15) is 11.5 Å². The van der Waals surface area contributed by atoms with E-state index in [-0.39, 0.29) is 18.6 Å². The third kappa shape index (κ3) is 4.03. The molecular formula is C20H21NO5. The van der Waals surface area contributed by atoms with Crippen molar-refractivity contribution >= 4 is 11.9 Å². The van der Waals surface area contributed by atoms with Crippen LogP contribution in [0.3, 0.4) is 0 Å². The molecule has 0 saturated carbocycles. The summed E-state index contributed by atoms with van der Waals surface area (Å²) in [6.45, 7) is 4.06. The van der Waals surface area contributed by atoms with Crippen LogP contribution in [0.1, 0.15) is 22.8 Å². The molecule has 1 heterocycles. The van der Waals surface area contributed by atoms with Gasteiger partial charge >= 0.3 is 5.97 Å². The van der Waals surface area contributed by atoms with Gasteiger partial charge in [0.2, 0.25) is 0 Å². The Balaban J connectivity index is 1.84. The minimum atomic E-state index is -1.07. The highest BCUT2D eigenvalue weighted by molar-refractivity contribution is 5.97. The second kappa shape index (κ2) is 7.58. The summed E-state index contributed by atoms with van der Waals surface area (Å²) in [5.74, 6) is -0.258. The van der Waals surface area contributed by atoms with Gasteiger partial charge in [-0.25, -0.2) is 4.79 Å². The molecule has 1 amide bonds. The summed E-state index contributed by atoms with van der Waals surface area (Å²) in [6.07, 6.45) is -1.37. The van der Waals surface area contributed by atoms with Crippen molar-refractivity contribution in [3.63, 3.8) is 0 Å². The summed E-state index contributed by atoms with van der Waals surface area (Å²) in [4.78, 5) is 25.8. The SMILES string of the molecule is Cc1cccc(Oc2ccccc2C(=O)N2CC(C(=O)O)O[C@H](C)C2)c1. The molecule has 26 heavy (non-hydrogen) atoms. The van der Waals surface area contributed by atoms with Crippen LogP contribution in [0.4, 0.5) is 0 Å². The number of rotatable bonds is 4. The average Bonchev–Trinajstić information content (AvgIpc) is 2.61. The molecule has 2 aromatic rings. The van der Waals surface area contributed by atoms with Crippen LogP contribution in [0, 0.1) is 6.92 Å². The number of ether oxygens (including phenoxy) is 2. The number of carbonyl (C=O) groups is 2. The zero-order chi connectivity index (χ0) is 18.7. The second-order valence-corrected chi connectivity index (χ2v) is 6.40. The molecule has 1 saturated heterocycles. The lowest BCUT2D eigenvalue weighted by Crippen LogP contribution is -2.51. The van der Waals surface area contributed by atoms with Crippen molar-refractivity contribution < 1.29 is 24.2 Å². The van der Waals surface area contributed by atoms with Crippen LogP contribution < -0.4 is 4.74 Å². The molecule has 0 radical (unpaired) electrons. The first kappa shape index (κ1) is 17.9. The minimum absolute atomic E-state index is 0.0112. The van der Waals surface area contributed by atoms with Crippen LogP contribution >= 0.6 is 0 Å². The molecule has 6 heteroatoms. The Morgan fingerprint density at radius 2 is 1.92 bits per heavy atom. The van der Waals surface area contributed by atoms with E-state index >= 15 is 0 Å². The highest BCUT2D eigenvalue weighted by atomic mass is 16.5. The number of hydrogen-bond acceptors (Lipinski definition) is 4. The second-order valence-electron chi connectivity index (χ2n) is 6.40. The number of aryl methyl sites for hydroxylation is 1. The predicted octanol–water partition coefficient (Wildman–Crippen LogP) is 3.10. The Morgan fingerprint density at radius 3 is 2.65 bits per heavy atom. The van der Waals surface area contributed by atoms with Crippen LogP contribution in [0.5, 0.6) is 11.5 Å². The maximum absolute atomic E-state index is 13.0. The van der Waals surface area contributed by atoms with Crippen molar-refractivity contribution in [3.8, 4) is 11.5 Å². The topological polar surface area (TPSA) is 76.1 Å². The van der Waals surface area contributed by atoms with Gasteiger partial charge in [-0.15, -0.1) is 0 Å². The molecule has 1 N–H and O–H groups in total. The number of carboxylic acids is 1. The van der Waals surface area contributed by atoms with Crippen molar-refractivity contribution in [2.75, 3.05) is 13.1 Å². The van der Waals surface area contributed by atoms with Crippen LogP contribution in [-0.2, 0) is 9.53 Å². The van der Waals surface area contributed by atoms with Crippen LogP contribution in [-0.4, -0.2) is 47.2 Å². The van der Waals surface area contributed by atoms with Crippen molar-refractivity contribution in [1.29, 1.82) is 0 Å². The van der Waals surface area contributed by atoms with E-state index in [9.17, 15) is 14.7 Å². The van der Waals surface area contributed by atoms with Crippen LogP contribution in [0.2, 0.25) is 0 Å². The van der Waals surface area contributed by atoms with Gasteiger partial charge < -0.3 is 19.5 Å². The maximum Gasteiger partial charge on any atom is 0.334 e. The van der Waals surface area contributed by atoms with Crippen LogP contribution in [0.15, 0.2) is 48.5 Å². The molecule has 0 aromatic heterocycles. The summed E-state index contributed by atoms with van der Waals surface area (Å²) < 4.78 is 11.3. The fourth-order valence-corrected chi connectivity index (χ4v) is 2.96. The molecule has 2 aromatic carbocycles. The Labute approximate surface area is 152 Å². The van der Waals surface area contributed by atoms with Gasteiger partial charge in [0.25, 0.3) is 5.91 Å². The Kier molecular flexibility index (Phi) is 5.23. The van der Waals surface area contributed by atoms with Gasteiger partial charge in [-0.2, -0.15) is 0 Å². The first-order chi connectivity index (χ1) is 12.4. The standard InChI is InChI=1S/C20H21NO5/c1-13-6-5-7-15(10-13)26-17-9-4-3-8-16(17)19(22)21-11-14(2)25-18(12-21)20(23)24/h3-10,14,18H,11-12H2,1-2H3,(H,23,24)/t14-,18?/m1/s1. The normalized spacial score (nSPS) is 19.8. The van der Waals surface area contributed by atoms with Gasteiger partial charge in [0.15, 0.2) is 6.10 Å². The largest absolute Gasteiger partial charge is 0.479 e. The van der Waals surface area contributed by atoms with Crippen molar-refractivity contribution in [2.24, 2.45) is 0 Å². The predicted molar refractivity (Wildman–Crippen MR) is 95.6 cm³/mol. The average molecular weight is 355 g/mol. The fraction of sp³-hybridized carbons (Fsp3) is 0.300. The van der Waals surface area contributed by atoms with Gasteiger partial charge in [0.05, 0.1) is 18.2 Å². The fourth-order valence-electron chi connectivity index (χ4n) is 2.96. The van der Waals surface area contributed by atoms with E-state index < -0.39 is 12.1 Å². The maximum atomic E-state index is 13.0. The van der Waals surface area contributed by atoms with Gasteiger partial charge in [-0.05, 0) is 43.7 Å². The molecular weight excluding hydrogens is 334 g/mol. The number of hydrogen-bond donors (Lipinski definition) is 1. The number of nitrogens with zero attached hydrogens (tertiary/aromatic N) is 1. The van der Waals surface area contributed by atoms with Crippen LogP contribution in [0.25, 0.3) is 0 Å². The van der Waals surface area contributed by atoms with E-state index in [1.165, 1.54) is 4.90 Å². The zero-order valence-electron chi connectivity index (χ0n) is 14.7. The molecule has 2 atom stereocenters. The van der Waals surface area contributed by atoms with Crippen molar-refractivity contribution in [3.05, 3.63) is 59.7 Å². The highest BCUT2D eigenvalue weighted by Crippen LogP contribution is 2.27. The number of aliphatic carboxylic acids is 1. The van der Waals surface area contributed by atoms with Crippen molar-refractivity contribution in [1.82, 2.24) is 4.90 Å². The quantitative estimate of drug-likeness (QED) is 0.912. The summed E-state index contributed by atoms with van der Waals surface area (Å²) in [6, 6.07) is 14.5. The summed E-state index contributed by atoms with van der Waals surface area (Å²) >= 11 is 0. The number of benzene rings is 2. The molecule has 1 aliphatic heterocycles. The van der Waals surface area contributed by atoms with Gasteiger partial charge in [-0.3, -0.25) is 4.79 Å². The molecule has 1 fully saturated rings. The highest BCUT2D eigenvalue weighted by Gasteiger charge is 2.33. The molecule has 0 aliphatic carbocycles. The first-order valence-corrected chi connectivity index (χ1v) is 8.45. The Hall–Kier alpha value is -2.86. The van der Waals surface area contributed by atoms with E-state index in [1.54, 1.807) is 31.2 Å². The minimum Gasteiger partial charge on any atom is -0.479 e. The number of morpholine rings is 1. The number of amides is 1. The Morgan fingerprint density at radius 1 is 1.15 bits per heavy atom. The number of para-hydroxylation sites is 1. The lowest BCUT2D eigenvalue weighted by atomic mass is 10.1. The van der Waals surface area contributed by atoms with E-state index in [4.69, 9.17) is 9.47 Å². The molecule has 3 rings (SSSR count). The zero-order valence-corrected chi connectivity index (χ0v) is 14.7. The van der Waals surface area contributed by atoms with E-state index in [0.717, 1.165) is 5.56 Å². The van der Waals surface area contributed by atoms with Gasteiger partial charge in [-0.1, -0.05) is 24.3 Å². The van der Waals surface area contributed by atoms with E-state index in [1.807, 2.05) is 31.2 Å². The molecule has 0 bridgehead atoms. The molecule has 1 unspecified atom stereocenters. The molecule has 136 valence electrons. The third-order valence-electron chi connectivity index (χ3n) is 4.16. The number of carboxylic acid groups (broad SMARTS) is 1. The van der Waals surface area contributed by atoms with Gasteiger partial charge in [0, 0.05) is 6.54 Å². The van der Waals surface area contributed by atoms with E-state index in [2.05, 4.69) is 0 Å². The lowest BCUT2D eigenvalue weighted by molar-refractivity contribution is -0.160. The van der Waals surface area contributed by atoms with Crippen molar-refractivity contribution in [2.45, 2.75) is 26.1 Å².